The van der Waals surface area contributed by atoms with E-state index in [0.717, 1.165) is 0 Å². The molecule has 110 valence electrons. The molecule has 1 saturated carbocycles. The van der Waals surface area contributed by atoms with Crippen LogP contribution in [-0.4, -0.2) is 30.1 Å². The van der Waals surface area contributed by atoms with Gasteiger partial charge in [-0.05, 0) is 25.0 Å². The van der Waals surface area contributed by atoms with Gasteiger partial charge >= 0.3 is 0 Å². The van der Waals surface area contributed by atoms with Crippen molar-refractivity contribution in [2.45, 2.75) is 38.1 Å². The summed E-state index contributed by atoms with van der Waals surface area (Å²) in [5.41, 5.74) is 5.86. The number of nitrogens with zero attached hydrogens (tertiary/aromatic N) is 2. The van der Waals surface area contributed by atoms with E-state index < -0.39 is 0 Å². The lowest BCUT2D eigenvalue weighted by Crippen LogP contribution is -2.41. The third-order valence-electron chi connectivity index (χ3n) is 3.29. The molecular weight excluding hydrogens is 276 g/mol. The number of nitrogens with two attached hydrogens (primary N) is 1. The van der Waals surface area contributed by atoms with Crippen LogP contribution in [0.1, 0.15) is 32.1 Å². The number of hydrogen-bond donors (Lipinski definition) is 2. The van der Waals surface area contributed by atoms with Crippen molar-refractivity contribution in [3.8, 4) is 5.88 Å². The molecule has 0 spiro atoms. The number of hydrogen-bond acceptors (Lipinski definition) is 3. The molecule has 20 heavy (non-hydrogen) atoms. The molecule has 0 atom stereocenters. The molecule has 0 bridgehead atoms. The van der Waals surface area contributed by atoms with Gasteiger partial charge in [-0.1, -0.05) is 30.9 Å². The Labute approximate surface area is 124 Å². The molecule has 5 nitrogen and oxygen atoms in total. The normalized spacial score (nSPS) is 16.9. The van der Waals surface area contributed by atoms with Gasteiger partial charge in [-0.2, -0.15) is 0 Å². The zero-order valence-electron chi connectivity index (χ0n) is 11.5. The minimum Gasteiger partial charge on any atom is -0.475 e. The first-order chi connectivity index (χ1) is 9.75. The van der Waals surface area contributed by atoms with E-state index >= 15 is 0 Å². The highest BCUT2D eigenvalue weighted by Gasteiger charge is 2.13. The van der Waals surface area contributed by atoms with E-state index in [1.165, 1.54) is 32.1 Å². The maximum atomic E-state index is 5.93. The van der Waals surface area contributed by atoms with Crippen LogP contribution in [0.4, 0.5) is 0 Å². The van der Waals surface area contributed by atoms with Gasteiger partial charge in [-0.15, -0.1) is 0 Å². The van der Waals surface area contributed by atoms with Crippen molar-refractivity contribution in [1.82, 2.24) is 10.3 Å². The minimum atomic E-state index is 0.407. The second-order valence-corrected chi connectivity index (χ2v) is 5.29. The Bertz CT molecular complexity index is 447. The number of halogens is 1. The van der Waals surface area contributed by atoms with Crippen LogP contribution in [0.2, 0.25) is 5.02 Å². The van der Waals surface area contributed by atoms with Gasteiger partial charge in [0.15, 0.2) is 5.96 Å². The predicted octanol–water partition coefficient (Wildman–Crippen LogP) is 2.35. The van der Waals surface area contributed by atoms with Gasteiger partial charge in [0.2, 0.25) is 5.88 Å². The van der Waals surface area contributed by atoms with Crippen molar-refractivity contribution in [3.63, 3.8) is 0 Å². The fourth-order valence-corrected chi connectivity index (χ4v) is 2.46. The van der Waals surface area contributed by atoms with Crippen molar-refractivity contribution in [3.05, 3.63) is 23.4 Å². The second-order valence-electron chi connectivity index (χ2n) is 4.89. The maximum absolute atomic E-state index is 5.93. The number of pyridine rings is 1. The Morgan fingerprint density at radius 1 is 1.45 bits per heavy atom. The first-order valence-electron chi connectivity index (χ1n) is 7.05. The van der Waals surface area contributed by atoms with Crippen molar-refractivity contribution >= 4 is 17.6 Å². The van der Waals surface area contributed by atoms with Gasteiger partial charge in [-0.25, -0.2) is 9.98 Å². The van der Waals surface area contributed by atoms with Crippen molar-refractivity contribution < 1.29 is 4.74 Å². The molecule has 1 aromatic heterocycles. The highest BCUT2D eigenvalue weighted by molar-refractivity contribution is 6.31. The zero-order valence-corrected chi connectivity index (χ0v) is 12.3. The average molecular weight is 297 g/mol. The monoisotopic (exact) mass is 296 g/mol. The first kappa shape index (κ1) is 14.9. The Hall–Kier alpha value is -1.49. The van der Waals surface area contributed by atoms with E-state index in [1.807, 2.05) is 0 Å². The summed E-state index contributed by atoms with van der Waals surface area (Å²) in [5, 5.41) is 3.76. The third-order valence-corrected chi connectivity index (χ3v) is 3.58. The van der Waals surface area contributed by atoms with E-state index in [4.69, 9.17) is 22.1 Å². The van der Waals surface area contributed by atoms with Crippen molar-refractivity contribution in [2.75, 3.05) is 13.2 Å². The molecule has 2 rings (SSSR count). The minimum absolute atomic E-state index is 0.407. The van der Waals surface area contributed by atoms with E-state index in [0.29, 0.717) is 36.1 Å². The van der Waals surface area contributed by atoms with E-state index in [-0.39, 0.29) is 0 Å². The Kier molecular flexibility index (Phi) is 5.92. The second kappa shape index (κ2) is 7.94. The molecule has 6 heteroatoms. The smallest absolute Gasteiger partial charge is 0.232 e. The van der Waals surface area contributed by atoms with Crippen LogP contribution in [0.5, 0.6) is 5.88 Å². The van der Waals surface area contributed by atoms with Crippen molar-refractivity contribution in [1.29, 1.82) is 0 Å². The first-order valence-corrected chi connectivity index (χ1v) is 7.43. The summed E-state index contributed by atoms with van der Waals surface area (Å²) in [5.74, 6) is 0.927. The molecule has 0 saturated heterocycles. The van der Waals surface area contributed by atoms with Crippen LogP contribution < -0.4 is 15.8 Å². The number of aromatic nitrogens is 1. The molecular formula is C14H21ClN4O. The van der Waals surface area contributed by atoms with Crippen LogP contribution in [0.15, 0.2) is 23.3 Å². The highest BCUT2D eigenvalue weighted by atomic mass is 35.5. The summed E-state index contributed by atoms with van der Waals surface area (Å²) in [4.78, 5) is 8.29. The highest BCUT2D eigenvalue weighted by Crippen LogP contribution is 2.19. The Morgan fingerprint density at radius 3 is 3.00 bits per heavy atom. The number of aliphatic imine (C=N–C) groups is 1. The zero-order chi connectivity index (χ0) is 14.2. The van der Waals surface area contributed by atoms with Crippen molar-refractivity contribution in [2.24, 2.45) is 10.7 Å². The number of nitrogens with one attached hydrogen (secondary N) is 1. The largest absolute Gasteiger partial charge is 0.475 e. The molecule has 1 aliphatic rings. The van der Waals surface area contributed by atoms with Gasteiger partial charge in [0, 0.05) is 12.2 Å². The molecule has 3 N–H and O–H groups in total. The number of guanidine groups is 1. The fourth-order valence-electron chi connectivity index (χ4n) is 2.29. The average Bonchev–Trinajstić information content (AvgIpc) is 2.46. The third kappa shape index (κ3) is 4.89. The van der Waals surface area contributed by atoms with E-state index in [2.05, 4.69) is 15.3 Å². The predicted molar refractivity (Wildman–Crippen MR) is 81.2 cm³/mol. The Morgan fingerprint density at radius 2 is 2.25 bits per heavy atom. The summed E-state index contributed by atoms with van der Waals surface area (Å²) >= 11 is 5.93. The van der Waals surface area contributed by atoms with Crippen LogP contribution in [0.3, 0.4) is 0 Å². The molecule has 0 aliphatic heterocycles. The fraction of sp³-hybridized carbons (Fsp3) is 0.571. The standard InChI is InChI=1S/C14H21ClN4O/c15-12-7-4-8-17-13(12)20-10-9-18-14(16)19-11-5-2-1-3-6-11/h4,7-8,11H,1-3,5-6,9-10H2,(H3,16,18,19). The van der Waals surface area contributed by atoms with E-state index in [9.17, 15) is 0 Å². The lowest BCUT2D eigenvalue weighted by molar-refractivity contribution is 0.316. The lowest BCUT2D eigenvalue weighted by Gasteiger charge is -2.23. The summed E-state index contributed by atoms with van der Waals surface area (Å²) in [6.07, 6.45) is 7.86. The summed E-state index contributed by atoms with van der Waals surface area (Å²) in [6, 6.07) is 3.98. The molecule has 0 radical (unpaired) electrons. The van der Waals surface area contributed by atoms with Crippen LogP contribution >= 0.6 is 11.6 Å². The Balaban J connectivity index is 1.68. The topological polar surface area (TPSA) is 72.5 Å². The molecule has 1 aliphatic carbocycles. The molecule has 0 amide bonds. The van der Waals surface area contributed by atoms with Crippen LogP contribution in [0.25, 0.3) is 0 Å². The summed E-state index contributed by atoms with van der Waals surface area (Å²) < 4.78 is 5.44. The lowest BCUT2D eigenvalue weighted by atomic mass is 9.96. The SMILES string of the molecule is NC(=NCCOc1ncccc1Cl)NC1CCCCC1. The van der Waals surface area contributed by atoms with Gasteiger partial charge in [-0.3, -0.25) is 0 Å². The van der Waals surface area contributed by atoms with Gasteiger partial charge in [0.05, 0.1) is 6.54 Å². The maximum Gasteiger partial charge on any atom is 0.232 e. The molecule has 1 fully saturated rings. The quantitative estimate of drug-likeness (QED) is 0.497. The van der Waals surface area contributed by atoms with Gasteiger partial charge in [0.25, 0.3) is 0 Å². The molecule has 1 aromatic rings. The summed E-state index contributed by atoms with van der Waals surface area (Å²) in [7, 11) is 0. The van der Waals surface area contributed by atoms with Gasteiger partial charge in [0.1, 0.15) is 11.6 Å². The van der Waals surface area contributed by atoms with Crippen LogP contribution in [-0.2, 0) is 0 Å². The molecule has 1 heterocycles. The molecule has 0 unspecified atom stereocenters. The molecule has 0 aromatic carbocycles. The van der Waals surface area contributed by atoms with E-state index in [1.54, 1.807) is 18.3 Å². The number of rotatable bonds is 5. The number of ether oxygens (including phenoxy) is 1. The van der Waals surface area contributed by atoms with Gasteiger partial charge < -0.3 is 15.8 Å². The van der Waals surface area contributed by atoms with Crippen LogP contribution in [0, 0.1) is 0 Å². The summed E-state index contributed by atoms with van der Waals surface area (Å²) in [6.45, 7) is 0.891.